The smallest absolute Gasteiger partial charge is 0.314 e. The number of aryl methyl sites for hydroxylation is 2. The Morgan fingerprint density at radius 2 is 0.773 bits per heavy atom. The summed E-state index contributed by atoms with van der Waals surface area (Å²) in [5, 5.41) is 37.0. The Kier molecular flexibility index (Phi) is 12.9. The average Bonchev–Trinajstić information content (AvgIpc) is 3.03. The summed E-state index contributed by atoms with van der Waals surface area (Å²) in [6.07, 6.45) is 1.75. The van der Waals surface area contributed by atoms with Crippen LogP contribution >= 0.6 is 0 Å². The zero-order chi connectivity index (χ0) is 31.9. The van der Waals surface area contributed by atoms with Gasteiger partial charge in [-0.15, -0.1) is 0 Å². The van der Waals surface area contributed by atoms with Crippen molar-refractivity contribution in [1.82, 2.24) is 0 Å². The van der Waals surface area contributed by atoms with Gasteiger partial charge in [0.05, 0.1) is 0 Å². The lowest BCUT2D eigenvalue weighted by molar-refractivity contribution is -0.147. The highest BCUT2D eigenvalue weighted by Crippen LogP contribution is 2.18. The number of aromatic hydroxyl groups is 2. The molecule has 0 aliphatic heterocycles. The normalized spacial score (nSPS) is 11.8. The molecule has 8 nitrogen and oxygen atoms in total. The molecule has 0 aromatic heterocycles. The fourth-order valence-electron chi connectivity index (χ4n) is 4.59. The van der Waals surface area contributed by atoms with Gasteiger partial charge in [-0.25, -0.2) is 0 Å². The molecule has 8 heteroatoms. The molecule has 0 aliphatic carbocycles. The van der Waals surface area contributed by atoms with Gasteiger partial charge in [0, 0.05) is 12.8 Å². The van der Waals surface area contributed by atoms with Gasteiger partial charge in [0.15, 0.2) is 0 Å². The monoisotopic (exact) mass is 596 g/mol. The molecule has 4 rings (SSSR count). The Morgan fingerprint density at radius 3 is 1.16 bits per heavy atom. The molecule has 0 saturated heterocycles. The van der Waals surface area contributed by atoms with Gasteiger partial charge in [-0.05, 0) is 72.2 Å². The van der Waals surface area contributed by atoms with E-state index in [1.807, 2.05) is 60.7 Å². The van der Waals surface area contributed by atoms with Crippen LogP contribution in [0.15, 0.2) is 109 Å². The summed E-state index contributed by atoms with van der Waals surface area (Å²) >= 11 is 0. The van der Waals surface area contributed by atoms with E-state index in [0.29, 0.717) is 18.4 Å². The quantitative estimate of drug-likeness (QED) is 0.136. The van der Waals surface area contributed by atoms with Crippen molar-refractivity contribution in [3.8, 4) is 11.5 Å². The maximum absolute atomic E-state index is 12.2. The molecule has 0 heterocycles. The molecule has 0 bridgehead atoms. The number of hydrogen-bond donors (Lipinski definition) is 4. The first-order valence-corrected chi connectivity index (χ1v) is 14.3. The molecule has 2 atom stereocenters. The second-order valence-electron chi connectivity index (χ2n) is 10.4. The largest absolute Gasteiger partial charge is 0.508 e. The summed E-state index contributed by atoms with van der Waals surface area (Å²) in [7, 11) is 0. The van der Waals surface area contributed by atoms with E-state index >= 15 is 0 Å². The zero-order valence-electron chi connectivity index (χ0n) is 24.2. The van der Waals surface area contributed by atoms with Crippen LogP contribution < -0.4 is 0 Å². The highest BCUT2D eigenvalue weighted by atomic mass is 16.4. The molecule has 0 radical (unpaired) electrons. The van der Waals surface area contributed by atoms with Gasteiger partial charge in [0.1, 0.15) is 34.9 Å². The lowest BCUT2D eigenvalue weighted by Gasteiger charge is -2.11. The second-order valence-corrected chi connectivity index (χ2v) is 10.4. The van der Waals surface area contributed by atoms with Gasteiger partial charge in [0.2, 0.25) is 0 Å². The molecule has 0 amide bonds. The first-order chi connectivity index (χ1) is 21.1. The van der Waals surface area contributed by atoms with E-state index < -0.39 is 23.8 Å². The number of carboxylic acid groups (broad SMARTS) is 2. The number of Topliss-reactive ketones (excluding diaryl/α,β-unsaturated/α-hetero) is 2. The Hall–Kier alpha value is -5.24. The van der Waals surface area contributed by atoms with E-state index in [1.54, 1.807) is 24.3 Å². The van der Waals surface area contributed by atoms with E-state index in [1.165, 1.54) is 24.3 Å². The number of rotatable bonds is 14. The van der Waals surface area contributed by atoms with Crippen LogP contribution in [-0.4, -0.2) is 43.9 Å². The molecule has 44 heavy (non-hydrogen) atoms. The Balaban J connectivity index is 0.000000241. The second kappa shape index (κ2) is 17.0. The van der Waals surface area contributed by atoms with Crippen LogP contribution in [0.2, 0.25) is 0 Å². The number of aliphatic carboxylic acids is 2. The van der Waals surface area contributed by atoms with Crippen LogP contribution in [0.1, 0.15) is 35.1 Å². The SMILES string of the molecule is O=C(O)C(Cc1ccc(O)cc1)C(=O)CCc1ccc(O)cc1.O=C(O)C(Cc1ccccc1)C(=O)CCc1ccccc1. The number of phenols is 2. The van der Waals surface area contributed by atoms with Crippen LogP contribution in [-0.2, 0) is 44.9 Å². The topological polar surface area (TPSA) is 149 Å². The molecule has 0 spiro atoms. The van der Waals surface area contributed by atoms with Crippen molar-refractivity contribution in [1.29, 1.82) is 0 Å². The summed E-state index contributed by atoms with van der Waals surface area (Å²) in [4.78, 5) is 47.1. The van der Waals surface area contributed by atoms with E-state index in [4.69, 9.17) is 0 Å². The lowest BCUT2D eigenvalue weighted by atomic mass is 9.92. The van der Waals surface area contributed by atoms with Crippen molar-refractivity contribution >= 4 is 23.5 Å². The third kappa shape index (κ3) is 11.2. The Morgan fingerprint density at radius 1 is 0.455 bits per heavy atom. The first-order valence-electron chi connectivity index (χ1n) is 14.3. The van der Waals surface area contributed by atoms with E-state index in [-0.39, 0.29) is 48.7 Å². The highest BCUT2D eigenvalue weighted by molar-refractivity contribution is 5.99. The molecule has 228 valence electrons. The van der Waals surface area contributed by atoms with E-state index in [9.17, 15) is 39.6 Å². The van der Waals surface area contributed by atoms with Crippen LogP contribution in [0.25, 0.3) is 0 Å². The predicted molar refractivity (Wildman–Crippen MR) is 165 cm³/mol. The van der Waals surface area contributed by atoms with Crippen molar-refractivity contribution in [2.45, 2.75) is 38.5 Å². The Labute approximate surface area is 256 Å². The van der Waals surface area contributed by atoms with Crippen LogP contribution in [0.3, 0.4) is 0 Å². The number of ketones is 2. The number of carboxylic acids is 2. The summed E-state index contributed by atoms with van der Waals surface area (Å²) in [6, 6.07) is 31.5. The summed E-state index contributed by atoms with van der Waals surface area (Å²) in [5.41, 5.74) is 3.48. The summed E-state index contributed by atoms with van der Waals surface area (Å²) < 4.78 is 0. The minimum Gasteiger partial charge on any atom is -0.508 e. The maximum Gasteiger partial charge on any atom is 0.314 e. The van der Waals surface area contributed by atoms with Gasteiger partial charge in [-0.3, -0.25) is 19.2 Å². The molecular formula is C36H36O8. The van der Waals surface area contributed by atoms with Gasteiger partial charge in [-0.2, -0.15) is 0 Å². The minimum atomic E-state index is -1.14. The summed E-state index contributed by atoms with van der Waals surface area (Å²) in [6.45, 7) is 0. The van der Waals surface area contributed by atoms with Gasteiger partial charge in [-0.1, -0.05) is 84.9 Å². The lowest BCUT2D eigenvalue weighted by Crippen LogP contribution is -2.26. The fraction of sp³-hybridized carbons (Fsp3) is 0.222. The van der Waals surface area contributed by atoms with Crippen molar-refractivity contribution in [2.75, 3.05) is 0 Å². The molecule has 0 aliphatic rings. The van der Waals surface area contributed by atoms with E-state index in [0.717, 1.165) is 16.7 Å². The van der Waals surface area contributed by atoms with Crippen molar-refractivity contribution in [3.05, 3.63) is 131 Å². The Bertz CT molecular complexity index is 1500. The van der Waals surface area contributed by atoms with Crippen LogP contribution in [0.4, 0.5) is 0 Å². The minimum absolute atomic E-state index is 0.0966. The van der Waals surface area contributed by atoms with Crippen molar-refractivity contribution in [3.63, 3.8) is 0 Å². The molecule has 0 saturated carbocycles. The number of benzene rings is 4. The number of hydrogen-bond acceptors (Lipinski definition) is 6. The number of phenolic OH excluding ortho intramolecular Hbond substituents is 2. The summed E-state index contributed by atoms with van der Waals surface area (Å²) in [5.74, 6) is -4.55. The van der Waals surface area contributed by atoms with Gasteiger partial charge in [0.25, 0.3) is 0 Å². The standard InChI is InChI=1S/C18H18O5.C18H18O3/c19-14-6-1-12(2-7-14)5-10-17(21)16(18(22)23)11-13-3-8-15(20)9-4-13;19-17(12-11-14-7-3-1-4-8-14)16(18(20)21)13-15-9-5-2-6-10-15/h1-4,6-9,16,19-20H,5,10-11H2,(H,22,23);1-10,16H,11-13H2,(H,20,21). The van der Waals surface area contributed by atoms with Crippen LogP contribution in [0.5, 0.6) is 11.5 Å². The molecule has 4 aromatic carbocycles. The van der Waals surface area contributed by atoms with Gasteiger partial charge < -0.3 is 20.4 Å². The molecule has 4 aromatic rings. The maximum atomic E-state index is 12.2. The molecule has 4 N–H and O–H groups in total. The molecule has 2 unspecified atom stereocenters. The average molecular weight is 597 g/mol. The highest BCUT2D eigenvalue weighted by Gasteiger charge is 2.27. The molecule has 0 fully saturated rings. The fourth-order valence-corrected chi connectivity index (χ4v) is 4.59. The number of carbonyl (C=O) groups excluding carboxylic acids is 2. The van der Waals surface area contributed by atoms with Crippen molar-refractivity contribution in [2.24, 2.45) is 11.8 Å². The van der Waals surface area contributed by atoms with Gasteiger partial charge >= 0.3 is 11.9 Å². The molecular weight excluding hydrogens is 560 g/mol. The first kappa shape index (κ1) is 33.3. The zero-order valence-corrected chi connectivity index (χ0v) is 24.2. The van der Waals surface area contributed by atoms with Crippen molar-refractivity contribution < 1.29 is 39.6 Å². The third-order valence-corrected chi connectivity index (χ3v) is 7.13. The number of carbonyl (C=O) groups is 4. The van der Waals surface area contributed by atoms with E-state index in [2.05, 4.69) is 0 Å². The third-order valence-electron chi connectivity index (χ3n) is 7.13. The van der Waals surface area contributed by atoms with Crippen LogP contribution in [0, 0.1) is 11.8 Å². The predicted octanol–water partition coefficient (Wildman–Crippen LogP) is 5.67.